The van der Waals surface area contributed by atoms with Gasteiger partial charge < -0.3 is 0 Å². The van der Waals surface area contributed by atoms with Crippen molar-refractivity contribution in [3.8, 4) is 6.07 Å². The van der Waals surface area contributed by atoms with Crippen molar-refractivity contribution in [2.45, 2.75) is 32.4 Å². The zero-order chi connectivity index (χ0) is 10.5. The highest BCUT2D eigenvalue weighted by Crippen LogP contribution is 2.08. The third-order valence-corrected chi connectivity index (χ3v) is 3.90. The first kappa shape index (κ1) is 12.4. The monoisotopic (exact) mass is 204 g/mol. The van der Waals surface area contributed by atoms with E-state index < -0.39 is 15.3 Å². The Morgan fingerprint density at radius 3 is 2.31 bits per heavy atom. The molecule has 0 heterocycles. The molecule has 0 rings (SSSR count). The maximum atomic E-state index is 11.6. The van der Waals surface area contributed by atoms with Crippen molar-refractivity contribution in [3.63, 3.8) is 0 Å². The van der Waals surface area contributed by atoms with Crippen molar-refractivity contribution in [1.29, 1.82) is 5.26 Å². The highest BCUT2D eigenvalue weighted by atomic mass is 32.2. The summed E-state index contributed by atoms with van der Waals surface area (Å²) in [5.74, 6) is 0. The molecular formula is C8H16N2O2S. The lowest BCUT2D eigenvalue weighted by Crippen LogP contribution is -2.37. The van der Waals surface area contributed by atoms with Gasteiger partial charge in [0.15, 0.2) is 0 Å². The fourth-order valence-electron chi connectivity index (χ4n) is 0.923. The Labute approximate surface area is 80.2 Å². The number of nitrogens with zero attached hydrogens (tertiary/aromatic N) is 2. The van der Waals surface area contributed by atoms with Crippen LogP contribution < -0.4 is 0 Å². The molecule has 0 saturated carbocycles. The third kappa shape index (κ3) is 3.33. The van der Waals surface area contributed by atoms with E-state index in [9.17, 15) is 8.42 Å². The molecule has 0 aromatic carbocycles. The lowest BCUT2D eigenvalue weighted by molar-refractivity contribution is 0.438. The van der Waals surface area contributed by atoms with Crippen molar-refractivity contribution in [1.82, 2.24) is 4.31 Å². The summed E-state index contributed by atoms with van der Waals surface area (Å²) in [4.78, 5) is 0. The van der Waals surface area contributed by atoms with Crippen LogP contribution in [-0.2, 0) is 10.0 Å². The minimum Gasteiger partial charge on any atom is -0.212 e. The molecule has 0 N–H and O–H groups in total. The molecule has 0 radical (unpaired) electrons. The van der Waals surface area contributed by atoms with E-state index in [1.165, 1.54) is 4.31 Å². The van der Waals surface area contributed by atoms with Gasteiger partial charge in [0.25, 0.3) is 0 Å². The van der Waals surface area contributed by atoms with E-state index in [4.69, 9.17) is 5.26 Å². The van der Waals surface area contributed by atoms with E-state index in [2.05, 4.69) is 0 Å². The van der Waals surface area contributed by atoms with Crippen LogP contribution in [0, 0.1) is 11.3 Å². The molecule has 0 spiro atoms. The topological polar surface area (TPSA) is 61.2 Å². The first-order valence-corrected chi connectivity index (χ1v) is 5.83. The van der Waals surface area contributed by atoms with Crippen molar-refractivity contribution in [2.75, 3.05) is 13.1 Å². The molecule has 4 nitrogen and oxygen atoms in total. The predicted octanol–water partition coefficient (Wildman–Crippen LogP) is 0.960. The Morgan fingerprint density at radius 1 is 1.46 bits per heavy atom. The Hall–Kier alpha value is -0.600. The Balaban J connectivity index is 4.65. The van der Waals surface area contributed by atoms with Gasteiger partial charge in [0.1, 0.15) is 6.54 Å². The number of nitriles is 1. The molecule has 13 heavy (non-hydrogen) atoms. The normalized spacial score (nSPS) is 12.0. The van der Waals surface area contributed by atoms with E-state index in [0.29, 0.717) is 6.54 Å². The van der Waals surface area contributed by atoms with Gasteiger partial charge in [0.2, 0.25) is 10.0 Å². The van der Waals surface area contributed by atoms with E-state index in [1.807, 2.05) is 13.0 Å². The zero-order valence-electron chi connectivity index (χ0n) is 8.32. The van der Waals surface area contributed by atoms with E-state index in [-0.39, 0.29) is 6.54 Å². The van der Waals surface area contributed by atoms with Gasteiger partial charge in [-0.1, -0.05) is 6.92 Å². The second-order valence-corrected chi connectivity index (χ2v) is 5.57. The number of hydrogen-bond donors (Lipinski definition) is 0. The summed E-state index contributed by atoms with van der Waals surface area (Å²) in [6.07, 6.45) is 0.730. The smallest absolute Gasteiger partial charge is 0.212 e. The summed E-state index contributed by atoms with van der Waals surface area (Å²) in [5, 5.41) is 8.00. The molecule has 0 aliphatic heterocycles. The largest absolute Gasteiger partial charge is 0.217 e. The molecular weight excluding hydrogens is 188 g/mol. The van der Waals surface area contributed by atoms with Crippen LogP contribution in [0.3, 0.4) is 0 Å². The Kier molecular flexibility index (Phi) is 4.96. The predicted molar refractivity (Wildman–Crippen MR) is 51.5 cm³/mol. The van der Waals surface area contributed by atoms with Crippen LogP contribution in [-0.4, -0.2) is 31.1 Å². The van der Waals surface area contributed by atoms with E-state index >= 15 is 0 Å². The summed E-state index contributed by atoms with van der Waals surface area (Å²) in [5.41, 5.74) is 0. The molecule has 0 fully saturated rings. The summed E-state index contributed by atoms with van der Waals surface area (Å²) < 4.78 is 24.4. The minimum atomic E-state index is -3.25. The quantitative estimate of drug-likeness (QED) is 0.627. The van der Waals surface area contributed by atoms with Crippen molar-refractivity contribution >= 4 is 10.0 Å². The first-order valence-electron chi connectivity index (χ1n) is 4.32. The van der Waals surface area contributed by atoms with Gasteiger partial charge in [-0.05, 0) is 20.3 Å². The van der Waals surface area contributed by atoms with Gasteiger partial charge >= 0.3 is 0 Å². The summed E-state index contributed by atoms with van der Waals surface area (Å²) >= 11 is 0. The van der Waals surface area contributed by atoms with Crippen LogP contribution >= 0.6 is 0 Å². The SMILES string of the molecule is CCCN(CC#N)S(=O)(=O)C(C)C. The standard InChI is InChI=1S/C8H16N2O2S/c1-4-6-10(7-5-9)13(11,12)8(2)3/h8H,4,6-7H2,1-3H3. The lowest BCUT2D eigenvalue weighted by Gasteiger charge is -2.20. The van der Waals surface area contributed by atoms with Gasteiger partial charge in [-0.25, -0.2) is 8.42 Å². The minimum absolute atomic E-state index is 0.0473. The van der Waals surface area contributed by atoms with Crippen LogP contribution in [0.2, 0.25) is 0 Å². The number of sulfonamides is 1. The molecule has 0 aliphatic carbocycles. The maximum Gasteiger partial charge on any atom is 0.217 e. The zero-order valence-corrected chi connectivity index (χ0v) is 9.13. The highest BCUT2D eigenvalue weighted by Gasteiger charge is 2.24. The van der Waals surface area contributed by atoms with Gasteiger partial charge in [0.05, 0.1) is 11.3 Å². The second-order valence-electron chi connectivity index (χ2n) is 3.09. The average molecular weight is 204 g/mol. The summed E-state index contributed by atoms with van der Waals surface area (Å²) in [6.45, 7) is 5.51. The van der Waals surface area contributed by atoms with E-state index in [0.717, 1.165) is 6.42 Å². The molecule has 5 heteroatoms. The molecule has 0 saturated heterocycles. The molecule has 0 amide bonds. The summed E-state index contributed by atoms with van der Waals surface area (Å²) in [7, 11) is -3.25. The molecule has 0 aliphatic rings. The van der Waals surface area contributed by atoms with Crippen molar-refractivity contribution < 1.29 is 8.42 Å². The molecule has 0 unspecified atom stereocenters. The van der Waals surface area contributed by atoms with Crippen molar-refractivity contribution in [3.05, 3.63) is 0 Å². The number of rotatable bonds is 5. The van der Waals surface area contributed by atoms with Crippen LogP contribution in [0.25, 0.3) is 0 Å². The Morgan fingerprint density at radius 2 is 2.00 bits per heavy atom. The Bertz CT molecular complexity index is 277. The molecule has 0 bridgehead atoms. The highest BCUT2D eigenvalue weighted by molar-refractivity contribution is 7.89. The fraction of sp³-hybridized carbons (Fsp3) is 0.875. The lowest BCUT2D eigenvalue weighted by atomic mass is 10.5. The van der Waals surface area contributed by atoms with Crippen LogP contribution in [0.5, 0.6) is 0 Å². The fourth-order valence-corrected chi connectivity index (χ4v) is 2.19. The molecule has 0 atom stereocenters. The van der Waals surface area contributed by atoms with Gasteiger partial charge in [-0.2, -0.15) is 9.57 Å². The van der Waals surface area contributed by atoms with Crippen LogP contribution in [0.1, 0.15) is 27.2 Å². The van der Waals surface area contributed by atoms with Crippen molar-refractivity contribution in [2.24, 2.45) is 0 Å². The average Bonchev–Trinajstić information content (AvgIpc) is 2.03. The molecule has 0 aromatic heterocycles. The third-order valence-electron chi connectivity index (χ3n) is 1.68. The van der Waals surface area contributed by atoms with Gasteiger partial charge in [-0.3, -0.25) is 0 Å². The van der Waals surface area contributed by atoms with Gasteiger partial charge in [0, 0.05) is 6.54 Å². The summed E-state index contributed by atoms with van der Waals surface area (Å²) in [6, 6.07) is 1.86. The van der Waals surface area contributed by atoms with Crippen LogP contribution in [0.15, 0.2) is 0 Å². The maximum absolute atomic E-state index is 11.6. The second kappa shape index (κ2) is 5.20. The van der Waals surface area contributed by atoms with Gasteiger partial charge in [-0.15, -0.1) is 0 Å². The molecule has 76 valence electrons. The van der Waals surface area contributed by atoms with Crippen LogP contribution in [0.4, 0.5) is 0 Å². The first-order chi connectivity index (χ1) is 5.96. The molecule has 0 aromatic rings. The number of hydrogen-bond acceptors (Lipinski definition) is 3. The van der Waals surface area contributed by atoms with E-state index in [1.54, 1.807) is 13.8 Å².